The van der Waals surface area contributed by atoms with E-state index < -0.39 is 20.3 Å². The molecule has 3 fully saturated rings. The zero-order chi connectivity index (χ0) is 29.4. The lowest BCUT2D eigenvalue weighted by Crippen LogP contribution is -2.61. The number of nitrogens with two attached hydrogens (primary N) is 1. The van der Waals surface area contributed by atoms with Crippen LogP contribution in [0.1, 0.15) is 46.5 Å². The lowest BCUT2D eigenvalue weighted by molar-refractivity contribution is -0.145. The van der Waals surface area contributed by atoms with Crippen molar-refractivity contribution in [3.8, 4) is 0 Å². The number of hydrogen-bond donors (Lipinski definition) is 3. The molecule has 2 unspecified atom stereocenters. The molecule has 3 aliphatic rings. The number of nitrogens with one attached hydrogen (secondary N) is 2. The molecule has 3 atom stereocenters. The molecule has 4 N–H and O–H groups in total. The number of aromatic amines is 1. The Kier molecular flexibility index (Phi) is 10.9. The van der Waals surface area contributed by atoms with Crippen LogP contribution in [0.2, 0.25) is 6.04 Å². The summed E-state index contributed by atoms with van der Waals surface area (Å²) in [4.78, 5) is 48.9. The maximum atomic E-state index is 12.3. The fourth-order valence-corrected chi connectivity index (χ4v) is 8.00. The number of esters is 1. The van der Waals surface area contributed by atoms with E-state index in [0.29, 0.717) is 43.7 Å². The predicted molar refractivity (Wildman–Crippen MR) is 150 cm³/mol. The summed E-state index contributed by atoms with van der Waals surface area (Å²) in [5, 5.41) is 2.91. The van der Waals surface area contributed by atoms with E-state index in [-0.39, 0.29) is 62.4 Å². The van der Waals surface area contributed by atoms with Gasteiger partial charge in [0.05, 0.1) is 31.7 Å². The Morgan fingerprint density at radius 1 is 1.17 bits per heavy atom. The van der Waals surface area contributed by atoms with Crippen LogP contribution in [0.4, 0.5) is 5.95 Å². The highest BCUT2D eigenvalue weighted by Crippen LogP contribution is 2.28. The molecular formula is C25H41N7O8Si. The molecule has 5 heterocycles. The van der Waals surface area contributed by atoms with Gasteiger partial charge < -0.3 is 33.8 Å². The Balaban J connectivity index is 1.07. The van der Waals surface area contributed by atoms with Gasteiger partial charge in [-0.25, -0.2) is 4.98 Å². The lowest BCUT2D eigenvalue weighted by atomic mass is 10.2. The van der Waals surface area contributed by atoms with Crippen molar-refractivity contribution >= 4 is 37.8 Å². The van der Waals surface area contributed by atoms with Gasteiger partial charge in [0.15, 0.2) is 11.2 Å². The van der Waals surface area contributed by atoms with Gasteiger partial charge in [-0.15, -0.1) is 0 Å². The number of H-pyrrole nitrogens is 1. The summed E-state index contributed by atoms with van der Waals surface area (Å²) < 4.78 is 31.0. The normalized spacial score (nSPS) is 26.3. The van der Waals surface area contributed by atoms with Crippen molar-refractivity contribution in [2.45, 2.75) is 77.5 Å². The van der Waals surface area contributed by atoms with Crippen molar-refractivity contribution in [3.05, 3.63) is 16.7 Å². The van der Waals surface area contributed by atoms with Gasteiger partial charge in [-0.3, -0.25) is 28.8 Å². The first kappa shape index (κ1) is 31.1. The number of aromatic nitrogens is 4. The minimum atomic E-state index is -2.84. The second-order valence-corrected chi connectivity index (χ2v) is 13.2. The standard InChI is InChI=1S/C25H41N7O8Si/c1-17-14-38-41(39-18(2)12-31(17)13-19(3)40-41)11-5-8-27-20(33)6-4-7-21(34)37-10-9-36-16-32-15-28-22-23(32)29-25(26)30-24(22)35/h15,17-19H,4-14,16H2,1-3H3,(H,27,33)(H3,26,29,30,35)/t17-,18?,19?,41?/m0/s1. The fraction of sp³-hybridized carbons (Fsp3) is 0.720. The Hall–Kier alpha value is -2.89. The summed E-state index contributed by atoms with van der Waals surface area (Å²) in [6, 6.07) is 0.954. The summed E-state index contributed by atoms with van der Waals surface area (Å²) in [7, 11) is -2.84. The molecule has 16 heteroatoms. The number of fused-ring (bicyclic) bond motifs is 7. The van der Waals surface area contributed by atoms with Crippen molar-refractivity contribution in [1.82, 2.24) is 29.7 Å². The number of rotatable bonds is 13. The third-order valence-electron chi connectivity index (χ3n) is 6.89. The van der Waals surface area contributed by atoms with E-state index in [0.717, 1.165) is 13.1 Å². The third kappa shape index (κ3) is 8.80. The van der Waals surface area contributed by atoms with Crippen molar-refractivity contribution in [1.29, 1.82) is 0 Å². The first-order valence-corrected chi connectivity index (χ1v) is 16.0. The van der Waals surface area contributed by atoms with Crippen LogP contribution < -0.4 is 16.6 Å². The van der Waals surface area contributed by atoms with E-state index in [2.05, 4.69) is 45.9 Å². The second kappa shape index (κ2) is 14.3. The molecular weight excluding hydrogens is 554 g/mol. The van der Waals surface area contributed by atoms with Gasteiger partial charge in [-0.05, 0) is 33.6 Å². The average molecular weight is 596 g/mol. The molecule has 0 aliphatic carbocycles. The number of hydrogen-bond acceptors (Lipinski definition) is 12. The Bertz CT molecular complexity index is 1230. The van der Waals surface area contributed by atoms with Gasteiger partial charge in [-0.2, -0.15) is 4.98 Å². The average Bonchev–Trinajstić information content (AvgIpc) is 3.30. The molecule has 2 aromatic heterocycles. The van der Waals surface area contributed by atoms with E-state index in [4.69, 9.17) is 28.5 Å². The minimum absolute atomic E-state index is 0.0167. The topological polar surface area (TPSA) is 185 Å². The number of carbonyl (C=O) groups excluding carboxylic acids is 2. The van der Waals surface area contributed by atoms with Crippen molar-refractivity contribution in [3.63, 3.8) is 0 Å². The maximum Gasteiger partial charge on any atom is 0.501 e. The van der Waals surface area contributed by atoms with E-state index in [1.165, 1.54) is 10.9 Å². The third-order valence-corrected chi connectivity index (χ3v) is 9.99. The zero-order valence-corrected chi connectivity index (χ0v) is 24.9. The smallest absolute Gasteiger partial charge is 0.463 e. The number of anilines is 1. The molecule has 0 saturated carbocycles. The molecule has 2 bridgehead atoms. The maximum absolute atomic E-state index is 12.3. The highest BCUT2D eigenvalue weighted by atomic mass is 28.4. The zero-order valence-electron chi connectivity index (χ0n) is 23.9. The SMILES string of the molecule is CC1CN2CC(C)O[Si](CCCNC(=O)CCCC(=O)OCCOCn3cnc4c(=O)[nH]c(N)nc43)(OC[C@@H]2C)O1. The van der Waals surface area contributed by atoms with Crippen LogP contribution in [0.5, 0.6) is 0 Å². The van der Waals surface area contributed by atoms with Crippen molar-refractivity contribution in [2.75, 3.05) is 45.2 Å². The molecule has 0 spiro atoms. The fourth-order valence-electron chi connectivity index (χ4n) is 4.95. The lowest BCUT2D eigenvalue weighted by Gasteiger charge is -2.45. The highest BCUT2D eigenvalue weighted by Gasteiger charge is 2.48. The summed E-state index contributed by atoms with van der Waals surface area (Å²) in [5.74, 6) is -0.543. The number of ether oxygens (including phenoxy) is 2. The Morgan fingerprint density at radius 3 is 2.68 bits per heavy atom. The predicted octanol–water partition coefficient (Wildman–Crippen LogP) is 0.379. The molecule has 1 amide bonds. The van der Waals surface area contributed by atoms with Crippen molar-refractivity contribution in [2.24, 2.45) is 0 Å². The summed E-state index contributed by atoms with van der Waals surface area (Å²) >= 11 is 0. The largest absolute Gasteiger partial charge is 0.501 e. The van der Waals surface area contributed by atoms with Gasteiger partial charge in [0, 0.05) is 44.6 Å². The quantitative estimate of drug-likeness (QED) is 0.164. The van der Waals surface area contributed by atoms with Crippen LogP contribution in [-0.4, -0.2) is 103 Å². The van der Waals surface area contributed by atoms with Gasteiger partial charge in [-0.1, -0.05) is 0 Å². The molecule has 0 radical (unpaired) electrons. The highest BCUT2D eigenvalue weighted by molar-refractivity contribution is 6.60. The Morgan fingerprint density at radius 2 is 1.93 bits per heavy atom. The molecule has 41 heavy (non-hydrogen) atoms. The number of imidazole rings is 1. The van der Waals surface area contributed by atoms with Gasteiger partial charge in [0.2, 0.25) is 11.9 Å². The second-order valence-electron chi connectivity index (χ2n) is 10.6. The van der Waals surface area contributed by atoms with Crippen LogP contribution in [0.15, 0.2) is 11.1 Å². The van der Waals surface area contributed by atoms with E-state index in [9.17, 15) is 14.4 Å². The van der Waals surface area contributed by atoms with E-state index in [1.807, 2.05) is 0 Å². The monoisotopic (exact) mass is 595 g/mol. The number of nitrogens with zero attached hydrogens (tertiary/aromatic N) is 4. The van der Waals surface area contributed by atoms with Crippen LogP contribution in [0.25, 0.3) is 11.2 Å². The first-order chi connectivity index (χ1) is 19.6. The van der Waals surface area contributed by atoms with Gasteiger partial charge in [0.25, 0.3) is 5.56 Å². The molecule has 3 aliphatic heterocycles. The number of nitrogen functional groups attached to an aromatic ring is 1. The number of amides is 1. The Labute approximate surface area is 239 Å². The van der Waals surface area contributed by atoms with Crippen LogP contribution in [0.3, 0.4) is 0 Å². The molecule has 2 aromatic rings. The van der Waals surface area contributed by atoms with Gasteiger partial charge in [0.1, 0.15) is 13.3 Å². The summed E-state index contributed by atoms with van der Waals surface area (Å²) in [6.45, 7) is 9.32. The summed E-state index contributed by atoms with van der Waals surface area (Å²) in [5.41, 5.74) is 5.60. The molecule has 3 saturated heterocycles. The van der Waals surface area contributed by atoms with Crippen molar-refractivity contribution < 1.29 is 32.3 Å². The summed E-state index contributed by atoms with van der Waals surface area (Å²) in [6.07, 6.45) is 2.89. The first-order valence-electron chi connectivity index (χ1n) is 14.1. The van der Waals surface area contributed by atoms with Crippen LogP contribution in [-0.2, 0) is 39.1 Å². The molecule has 5 rings (SSSR count). The minimum Gasteiger partial charge on any atom is -0.463 e. The van der Waals surface area contributed by atoms with Crippen LogP contribution >= 0.6 is 0 Å². The molecule has 0 aromatic carbocycles. The molecule has 228 valence electrons. The van der Waals surface area contributed by atoms with E-state index >= 15 is 0 Å². The molecule has 15 nitrogen and oxygen atoms in total. The van der Waals surface area contributed by atoms with Crippen LogP contribution in [0, 0.1) is 0 Å². The van der Waals surface area contributed by atoms with Gasteiger partial charge >= 0.3 is 14.8 Å². The van der Waals surface area contributed by atoms with E-state index in [1.54, 1.807) is 0 Å². The number of carbonyl (C=O) groups is 2.